The van der Waals surface area contributed by atoms with Gasteiger partial charge >= 0.3 is 6.03 Å². The summed E-state index contributed by atoms with van der Waals surface area (Å²) in [6.45, 7) is 3.28. The monoisotopic (exact) mass is 375 g/mol. The van der Waals surface area contributed by atoms with Gasteiger partial charge in [0, 0.05) is 29.6 Å². The maximum Gasteiger partial charge on any atom is 0.317 e. The van der Waals surface area contributed by atoms with Crippen molar-refractivity contribution >= 4 is 29.0 Å². The molecule has 0 saturated carbocycles. The molecule has 1 fully saturated rings. The molecule has 3 amide bonds. The number of nitrogens with one attached hydrogen (secondary N) is 2. The summed E-state index contributed by atoms with van der Waals surface area (Å²) < 4.78 is 13.6. The lowest BCUT2D eigenvalue weighted by Gasteiger charge is -2.31. The highest BCUT2D eigenvalue weighted by Gasteiger charge is 2.27. The van der Waals surface area contributed by atoms with E-state index in [1.54, 1.807) is 35.3 Å². The molecule has 26 heavy (non-hydrogen) atoms. The van der Waals surface area contributed by atoms with Gasteiger partial charge in [-0.2, -0.15) is 0 Å². The minimum atomic E-state index is -0.333. The number of likely N-dealkylation sites (tertiary alicyclic amines) is 1. The summed E-state index contributed by atoms with van der Waals surface area (Å²) >= 11 is 1.61. The largest absolute Gasteiger partial charge is 0.333 e. The lowest BCUT2D eigenvalue weighted by Crippen LogP contribution is -2.45. The Labute approximate surface area is 156 Å². The van der Waals surface area contributed by atoms with Crippen LogP contribution in [-0.2, 0) is 11.3 Å². The quantitative estimate of drug-likeness (QED) is 0.855. The van der Waals surface area contributed by atoms with E-state index in [9.17, 15) is 14.0 Å². The maximum atomic E-state index is 13.6. The standard InChI is InChI=1S/C19H22FN3O2S/c1-13-4-5-15(11-17(13)20)22-18(24)14-6-8-23(9-7-14)19(25)21-12-16-3-2-10-26-16/h2-5,10-11,14H,6-9,12H2,1H3,(H,21,25)(H,22,24). The molecule has 7 heteroatoms. The second-order valence-electron chi connectivity index (χ2n) is 6.45. The van der Waals surface area contributed by atoms with Gasteiger partial charge in [-0.05, 0) is 48.9 Å². The molecule has 0 radical (unpaired) electrons. The molecule has 1 aliphatic heterocycles. The number of anilines is 1. The summed E-state index contributed by atoms with van der Waals surface area (Å²) in [7, 11) is 0. The van der Waals surface area contributed by atoms with Gasteiger partial charge in [-0.25, -0.2) is 9.18 Å². The molecule has 5 nitrogen and oxygen atoms in total. The Morgan fingerprint density at radius 3 is 2.69 bits per heavy atom. The number of amides is 3. The van der Waals surface area contributed by atoms with E-state index in [1.165, 1.54) is 6.07 Å². The van der Waals surface area contributed by atoms with Crippen LogP contribution in [0.5, 0.6) is 0 Å². The highest BCUT2D eigenvalue weighted by atomic mass is 32.1. The van der Waals surface area contributed by atoms with Crippen molar-refractivity contribution in [1.29, 1.82) is 0 Å². The second-order valence-corrected chi connectivity index (χ2v) is 7.48. The van der Waals surface area contributed by atoms with Gasteiger partial charge in [0.25, 0.3) is 0 Å². The molecule has 3 rings (SSSR count). The summed E-state index contributed by atoms with van der Waals surface area (Å²) in [5, 5.41) is 7.65. The zero-order chi connectivity index (χ0) is 18.5. The van der Waals surface area contributed by atoms with Crippen molar-refractivity contribution in [3.05, 3.63) is 52.0 Å². The van der Waals surface area contributed by atoms with Crippen LogP contribution in [0.4, 0.5) is 14.9 Å². The molecular weight excluding hydrogens is 353 g/mol. The fourth-order valence-corrected chi connectivity index (χ4v) is 3.59. The van der Waals surface area contributed by atoms with Gasteiger partial charge in [-0.3, -0.25) is 4.79 Å². The fourth-order valence-electron chi connectivity index (χ4n) is 2.95. The highest BCUT2D eigenvalue weighted by Crippen LogP contribution is 2.21. The van der Waals surface area contributed by atoms with Gasteiger partial charge in [0.05, 0.1) is 6.54 Å². The van der Waals surface area contributed by atoms with Crippen LogP contribution in [0.2, 0.25) is 0 Å². The number of hydrogen-bond acceptors (Lipinski definition) is 3. The van der Waals surface area contributed by atoms with Gasteiger partial charge < -0.3 is 15.5 Å². The molecule has 138 valence electrons. The Hall–Kier alpha value is -2.41. The first-order valence-corrected chi connectivity index (χ1v) is 9.53. The predicted octanol–water partition coefficient (Wildman–Crippen LogP) is 3.76. The third kappa shape index (κ3) is 4.60. The Bertz CT molecular complexity index is 771. The molecule has 2 heterocycles. The van der Waals surface area contributed by atoms with Crippen LogP contribution in [0.15, 0.2) is 35.7 Å². The van der Waals surface area contributed by atoms with Crippen molar-refractivity contribution in [2.75, 3.05) is 18.4 Å². The predicted molar refractivity (Wildman–Crippen MR) is 101 cm³/mol. The number of carbonyl (C=O) groups excluding carboxylic acids is 2. The van der Waals surface area contributed by atoms with E-state index in [0.29, 0.717) is 43.7 Å². The molecule has 1 saturated heterocycles. The highest BCUT2D eigenvalue weighted by molar-refractivity contribution is 7.09. The summed E-state index contributed by atoms with van der Waals surface area (Å²) in [5.74, 6) is -0.618. The molecule has 0 unspecified atom stereocenters. The van der Waals surface area contributed by atoms with Gasteiger partial charge in [0.15, 0.2) is 0 Å². The molecular formula is C19H22FN3O2S. The van der Waals surface area contributed by atoms with Gasteiger partial charge in [-0.15, -0.1) is 11.3 Å². The number of piperidine rings is 1. The first-order valence-electron chi connectivity index (χ1n) is 8.65. The minimum Gasteiger partial charge on any atom is -0.333 e. The minimum absolute atomic E-state index is 0.0992. The summed E-state index contributed by atoms with van der Waals surface area (Å²) in [6, 6.07) is 8.51. The van der Waals surface area contributed by atoms with Crippen molar-refractivity contribution in [3.63, 3.8) is 0 Å². The molecule has 0 atom stereocenters. The van der Waals surface area contributed by atoms with Crippen molar-refractivity contribution in [3.8, 4) is 0 Å². The van der Waals surface area contributed by atoms with Crippen LogP contribution in [0, 0.1) is 18.7 Å². The maximum absolute atomic E-state index is 13.6. The lowest BCUT2D eigenvalue weighted by atomic mass is 9.96. The number of benzene rings is 1. The number of carbonyl (C=O) groups is 2. The van der Waals surface area contributed by atoms with E-state index in [-0.39, 0.29) is 23.7 Å². The topological polar surface area (TPSA) is 61.4 Å². The number of nitrogens with zero attached hydrogens (tertiary/aromatic N) is 1. The van der Waals surface area contributed by atoms with Crippen molar-refractivity contribution in [1.82, 2.24) is 10.2 Å². The van der Waals surface area contributed by atoms with Crippen molar-refractivity contribution in [2.45, 2.75) is 26.3 Å². The van der Waals surface area contributed by atoms with E-state index in [4.69, 9.17) is 0 Å². The van der Waals surface area contributed by atoms with E-state index in [0.717, 1.165) is 4.88 Å². The average molecular weight is 375 g/mol. The zero-order valence-electron chi connectivity index (χ0n) is 14.6. The zero-order valence-corrected chi connectivity index (χ0v) is 15.4. The van der Waals surface area contributed by atoms with Crippen LogP contribution >= 0.6 is 11.3 Å². The number of thiophene rings is 1. The van der Waals surface area contributed by atoms with E-state index >= 15 is 0 Å². The third-order valence-electron chi connectivity index (χ3n) is 4.59. The molecule has 1 aromatic heterocycles. The normalized spacial score (nSPS) is 14.9. The van der Waals surface area contributed by atoms with E-state index < -0.39 is 0 Å². The SMILES string of the molecule is Cc1ccc(NC(=O)C2CCN(C(=O)NCc3cccs3)CC2)cc1F. The van der Waals surface area contributed by atoms with Gasteiger partial charge in [-0.1, -0.05) is 12.1 Å². The van der Waals surface area contributed by atoms with Crippen LogP contribution in [0.25, 0.3) is 0 Å². The molecule has 2 aromatic rings. The first kappa shape index (κ1) is 18.4. The summed E-state index contributed by atoms with van der Waals surface area (Å²) in [4.78, 5) is 27.4. The van der Waals surface area contributed by atoms with Crippen molar-refractivity contribution < 1.29 is 14.0 Å². The number of halogens is 1. The van der Waals surface area contributed by atoms with E-state index in [2.05, 4.69) is 10.6 Å². The Morgan fingerprint density at radius 2 is 2.04 bits per heavy atom. The van der Waals surface area contributed by atoms with Gasteiger partial charge in [0.2, 0.25) is 5.91 Å². The summed E-state index contributed by atoms with van der Waals surface area (Å²) in [6.07, 6.45) is 1.21. The molecule has 1 aromatic carbocycles. The number of hydrogen-bond donors (Lipinski definition) is 2. The summed E-state index contributed by atoms with van der Waals surface area (Å²) in [5.41, 5.74) is 1.01. The number of rotatable bonds is 4. The Kier molecular flexibility index (Phi) is 5.88. The molecule has 1 aliphatic rings. The van der Waals surface area contributed by atoms with Gasteiger partial charge in [0.1, 0.15) is 5.82 Å². The fraction of sp³-hybridized carbons (Fsp3) is 0.368. The van der Waals surface area contributed by atoms with Crippen molar-refractivity contribution in [2.24, 2.45) is 5.92 Å². The Balaban J connectivity index is 1.45. The molecule has 2 N–H and O–H groups in total. The van der Waals surface area contributed by atoms with Crippen LogP contribution in [0.1, 0.15) is 23.3 Å². The number of urea groups is 1. The Morgan fingerprint density at radius 1 is 1.27 bits per heavy atom. The average Bonchev–Trinajstić information content (AvgIpc) is 3.16. The smallest absolute Gasteiger partial charge is 0.317 e. The molecule has 0 spiro atoms. The third-order valence-corrected chi connectivity index (χ3v) is 5.46. The lowest BCUT2D eigenvalue weighted by molar-refractivity contribution is -0.121. The molecule has 0 bridgehead atoms. The second kappa shape index (κ2) is 8.31. The van der Waals surface area contributed by atoms with Crippen LogP contribution in [0.3, 0.4) is 0 Å². The van der Waals surface area contributed by atoms with Crippen LogP contribution in [-0.4, -0.2) is 29.9 Å². The first-order chi connectivity index (χ1) is 12.5. The van der Waals surface area contributed by atoms with Crippen LogP contribution < -0.4 is 10.6 Å². The molecule has 0 aliphatic carbocycles. The van der Waals surface area contributed by atoms with E-state index in [1.807, 2.05) is 17.5 Å². The number of aryl methyl sites for hydroxylation is 1.